The molecule has 0 spiro atoms. The van der Waals surface area contributed by atoms with Gasteiger partial charge in [0, 0.05) is 35.8 Å². The molecular formula is C20H18N7O4S. The Morgan fingerprint density at radius 2 is 1.94 bits per heavy atom. The fourth-order valence-electron chi connectivity index (χ4n) is 3.04. The highest BCUT2D eigenvalue weighted by atomic mass is 32.2. The highest BCUT2D eigenvalue weighted by Gasteiger charge is 2.14. The second-order valence-corrected chi connectivity index (χ2v) is 8.34. The van der Waals surface area contributed by atoms with Crippen molar-refractivity contribution in [2.45, 2.75) is 11.3 Å². The van der Waals surface area contributed by atoms with Gasteiger partial charge in [0.25, 0.3) is 15.9 Å². The van der Waals surface area contributed by atoms with Gasteiger partial charge in [0.15, 0.2) is 5.69 Å². The molecule has 0 saturated heterocycles. The monoisotopic (exact) mass is 452 g/mol. The number of aromatic hydroxyl groups is 1. The minimum Gasteiger partial charge on any atom is -0.493 e. The Labute approximate surface area is 182 Å². The summed E-state index contributed by atoms with van der Waals surface area (Å²) in [5.74, 6) is -0.493. The van der Waals surface area contributed by atoms with Gasteiger partial charge in [-0.1, -0.05) is 0 Å². The molecular weight excluding hydrogens is 434 g/mol. The second kappa shape index (κ2) is 8.61. The van der Waals surface area contributed by atoms with Crippen molar-refractivity contribution in [3.05, 3.63) is 66.2 Å². The van der Waals surface area contributed by atoms with E-state index in [1.165, 1.54) is 24.3 Å². The number of benzene rings is 2. The summed E-state index contributed by atoms with van der Waals surface area (Å²) < 4.78 is 22.5. The average Bonchev–Trinajstić information content (AvgIpc) is 3.38. The Hall–Kier alpha value is -4.03. The molecule has 0 aliphatic rings. The number of aromatic nitrogens is 3. The first-order valence-electron chi connectivity index (χ1n) is 9.43. The number of amides is 1. The van der Waals surface area contributed by atoms with Crippen molar-refractivity contribution in [2.75, 3.05) is 6.54 Å². The van der Waals surface area contributed by atoms with Crippen LogP contribution in [0.2, 0.25) is 0 Å². The third-order valence-electron chi connectivity index (χ3n) is 4.66. The molecule has 2 aromatic heterocycles. The summed E-state index contributed by atoms with van der Waals surface area (Å²) in [4.78, 5) is 22.0. The first kappa shape index (κ1) is 21.2. The lowest BCUT2D eigenvalue weighted by atomic mass is 10.1. The van der Waals surface area contributed by atoms with Crippen LogP contribution in [0.1, 0.15) is 16.1 Å². The van der Waals surface area contributed by atoms with Crippen LogP contribution in [0.15, 0.2) is 70.1 Å². The number of fused-ring (bicyclic) bond motifs is 1. The Morgan fingerprint density at radius 1 is 1.16 bits per heavy atom. The Kier molecular flexibility index (Phi) is 5.71. The Bertz CT molecular complexity index is 1390. The van der Waals surface area contributed by atoms with E-state index < -0.39 is 10.0 Å². The number of H-pyrrole nitrogens is 2. The predicted octanol–water partition coefficient (Wildman–Crippen LogP) is 2.96. The van der Waals surface area contributed by atoms with Gasteiger partial charge in [-0.2, -0.15) is 5.11 Å². The van der Waals surface area contributed by atoms with E-state index in [-0.39, 0.29) is 22.4 Å². The van der Waals surface area contributed by atoms with Gasteiger partial charge in [-0.15, -0.1) is 10.3 Å². The molecule has 0 bridgehead atoms. The van der Waals surface area contributed by atoms with Crippen molar-refractivity contribution in [2.24, 2.45) is 10.2 Å². The molecule has 11 nitrogen and oxygen atoms in total. The minimum atomic E-state index is -4.06. The molecule has 0 atom stereocenters. The molecule has 4 aromatic rings. The van der Waals surface area contributed by atoms with E-state index in [0.717, 1.165) is 5.69 Å². The molecule has 1 radical (unpaired) electrons. The number of nitrogens with one attached hydrogen (secondary N) is 4. The van der Waals surface area contributed by atoms with E-state index in [4.69, 9.17) is 5.14 Å². The van der Waals surface area contributed by atoms with Gasteiger partial charge in [0.2, 0.25) is 5.88 Å². The fourth-order valence-corrected chi connectivity index (χ4v) is 3.53. The molecule has 5 N–H and O–H groups in total. The number of nitrogens with zero attached hydrogens (tertiary/aromatic N) is 3. The molecule has 163 valence electrons. The van der Waals surface area contributed by atoms with E-state index in [2.05, 4.69) is 30.5 Å². The SMILES string of the molecule is [NH]S(=O)(=O)c1ccc(N=Nc2c(O)[nH]c3ccc(C(=O)NCCc4cnc[nH]4)cc23)cc1. The second-order valence-electron chi connectivity index (χ2n) is 6.86. The highest BCUT2D eigenvalue weighted by Crippen LogP contribution is 2.36. The number of imidazole rings is 1. The lowest BCUT2D eigenvalue weighted by molar-refractivity contribution is 0.0954. The van der Waals surface area contributed by atoms with E-state index in [0.29, 0.717) is 35.1 Å². The van der Waals surface area contributed by atoms with Gasteiger partial charge in [0.05, 0.1) is 22.4 Å². The lowest BCUT2D eigenvalue weighted by Crippen LogP contribution is -2.25. The first-order chi connectivity index (χ1) is 15.3. The number of carbonyl (C=O) groups excluding carboxylic acids is 1. The maximum absolute atomic E-state index is 12.5. The zero-order chi connectivity index (χ0) is 22.7. The number of carbonyl (C=O) groups is 1. The van der Waals surface area contributed by atoms with Crippen LogP contribution in [0.25, 0.3) is 10.9 Å². The van der Waals surface area contributed by atoms with E-state index in [9.17, 15) is 18.3 Å². The number of rotatable bonds is 7. The van der Waals surface area contributed by atoms with Gasteiger partial charge in [-0.25, -0.2) is 13.4 Å². The van der Waals surface area contributed by atoms with Gasteiger partial charge < -0.3 is 20.4 Å². The molecule has 1 amide bonds. The van der Waals surface area contributed by atoms with Crippen molar-refractivity contribution >= 4 is 38.2 Å². The zero-order valence-corrected chi connectivity index (χ0v) is 17.3. The quantitative estimate of drug-likeness (QED) is 0.315. The largest absolute Gasteiger partial charge is 0.493 e. The molecule has 4 rings (SSSR count). The molecule has 32 heavy (non-hydrogen) atoms. The molecule has 0 aliphatic carbocycles. The van der Waals surface area contributed by atoms with E-state index in [1.54, 1.807) is 30.7 Å². The number of hydrogen-bond acceptors (Lipinski definition) is 7. The molecule has 2 heterocycles. The summed E-state index contributed by atoms with van der Waals surface area (Å²) >= 11 is 0. The third-order valence-corrected chi connectivity index (χ3v) is 5.55. The summed E-state index contributed by atoms with van der Waals surface area (Å²) in [6.07, 6.45) is 3.88. The fraction of sp³-hybridized carbons (Fsp3) is 0.100. The first-order valence-corrected chi connectivity index (χ1v) is 10.9. The molecule has 12 heteroatoms. The van der Waals surface area contributed by atoms with Crippen LogP contribution in [0, 0.1) is 0 Å². The average molecular weight is 452 g/mol. The van der Waals surface area contributed by atoms with Gasteiger partial charge >= 0.3 is 0 Å². The predicted molar refractivity (Wildman–Crippen MR) is 115 cm³/mol. The minimum absolute atomic E-state index is 0.143. The van der Waals surface area contributed by atoms with Gasteiger partial charge in [-0.3, -0.25) is 4.79 Å². The van der Waals surface area contributed by atoms with E-state index >= 15 is 0 Å². The van der Waals surface area contributed by atoms with Crippen molar-refractivity contribution in [1.29, 1.82) is 0 Å². The van der Waals surface area contributed by atoms with Crippen molar-refractivity contribution < 1.29 is 18.3 Å². The van der Waals surface area contributed by atoms with E-state index in [1.807, 2.05) is 0 Å². The lowest BCUT2D eigenvalue weighted by Gasteiger charge is -2.04. The standard InChI is InChI=1S/C20H18N7O4S/c21-32(30,31)15-4-2-13(3-5-15)26-27-18-16-9-12(1-6-17(16)25-20(18)29)19(28)23-8-7-14-10-22-11-24-14/h1-6,9-11,21,25,29H,7-8H2,(H,22,24)(H,23,28). The van der Waals surface area contributed by atoms with Crippen LogP contribution in [0.3, 0.4) is 0 Å². The number of aromatic amines is 2. The van der Waals surface area contributed by atoms with Crippen LogP contribution < -0.4 is 10.5 Å². The summed E-state index contributed by atoms with van der Waals surface area (Å²) in [6, 6.07) is 10.2. The van der Waals surface area contributed by atoms with Crippen LogP contribution in [-0.2, 0) is 16.4 Å². The molecule has 0 unspecified atom stereocenters. The van der Waals surface area contributed by atoms with Crippen molar-refractivity contribution in [3.8, 4) is 5.88 Å². The smallest absolute Gasteiger partial charge is 0.254 e. The number of sulfonamides is 1. The van der Waals surface area contributed by atoms with Crippen LogP contribution in [0.4, 0.5) is 11.4 Å². The number of hydrogen-bond donors (Lipinski definition) is 4. The van der Waals surface area contributed by atoms with Gasteiger partial charge in [-0.05, 0) is 42.5 Å². The third kappa shape index (κ3) is 4.66. The summed E-state index contributed by atoms with van der Waals surface area (Å²) in [5, 5.41) is 28.7. The summed E-state index contributed by atoms with van der Waals surface area (Å²) in [6.45, 7) is 0.425. The maximum atomic E-state index is 12.5. The van der Waals surface area contributed by atoms with Crippen molar-refractivity contribution in [3.63, 3.8) is 0 Å². The topological polar surface area (TPSA) is 176 Å². The summed E-state index contributed by atoms with van der Waals surface area (Å²) in [7, 11) is -4.06. The number of azo groups is 1. The van der Waals surface area contributed by atoms with Crippen LogP contribution >= 0.6 is 0 Å². The highest BCUT2D eigenvalue weighted by molar-refractivity contribution is 7.88. The molecule has 0 saturated carbocycles. The van der Waals surface area contributed by atoms with Crippen LogP contribution in [0.5, 0.6) is 5.88 Å². The van der Waals surface area contributed by atoms with Gasteiger partial charge in [0.1, 0.15) is 0 Å². The Balaban J connectivity index is 1.53. The Morgan fingerprint density at radius 3 is 2.62 bits per heavy atom. The summed E-state index contributed by atoms with van der Waals surface area (Å²) in [5.41, 5.74) is 2.35. The molecule has 0 aliphatic heterocycles. The normalized spacial score (nSPS) is 11.9. The maximum Gasteiger partial charge on any atom is 0.254 e. The molecule has 0 fully saturated rings. The zero-order valence-electron chi connectivity index (χ0n) is 16.5. The molecule has 2 aromatic carbocycles. The van der Waals surface area contributed by atoms with Crippen molar-refractivity contribution in [1.82, 2.24) is 25.4 Å². The van der Waals surface area contributed by atoms with Crippen LogP contribution in [-0.4, -0.2) is 40.9 Å².